The molecule has 3 aromatic carbocycles. The highest BCUT2D eigenvalue weighted by molar-refractivity contribution is 6.04. The van der Waals surface area contributed by atoms with E-state index in [9.17, 15) is 9.59 Å². The Balaban J connectivity index is 1.53. The predicted molar refractivity (Wildman–Crippen MR) is 139 cm³/mol. The summed E-state index contributed by atoms with van der Waals surface area (Å²) in [7, 11) is 0. The van der Waals surface area contributed by atoms with Gasteiger partial charge in [-0.1, -0.05) is 36.4 Å². The van der Waals surface area contributed by atoms with Gasteiger partial charge in [-0.3, -0.25) is 4.79 Å². The van der Waals surface area contributed by atoms with E-state index in [1.807, 2.05) is 81.4 Å². The van der Waals surface area contributed by atoms with Crippen LogP contribution >= 0.6 is 0 Å². The Kier molecular flexibility index (Phi) is 7.16. The van der Waals surface area contributed by atoms with E-state index in [1.165, 1.54) is 5.56 Å². The van der Waals surface area contributed by atoms with Gasteiger partial charge in [0.2, 0.25) is 0 Å². The largest absolute Gasteiger partial charge is 0.371 e. The molecule has 0 aromatic heterocycles. The summed E-state index contributed by atoms with van der Waals surface area (Å²) in [5.41, 5.74) is 6.08. The fourth-order valence-corrected chi connectivity index (χ4v) is 4.24. The first kappa shape index (κ1) is 23.4. The van der Waals surface area contributed by atoms with Crippen molar-refractivity contribution in [1.82, 2.24) is 5.32 Å². The minimum atomic E-state index is -0.346. The molecule has 4 rings (SSSR count). The van der Waals surface area contributed by atoms with E-state index in [4.69, 9.17) is 0 Å². The monoisotopic (exact) mass is 456 g/mol. The first-order valence-corrected chi connectivity index (χ1v) is 11.8. The number of urea groups is 1. The molecule has 1 fully saturated rings. The fraction of sp³-hybridized carbons (Fsp3) is 0.286. The van der Waals surface area contributed by atoms with Crippen molar-refractivity contribution in [3.05, 3.63) is 89.0 Å². The average molecular weight is 457 g/mol. The average Bonchev–Trinajstić information content (AvgIpc) is 3.37. The molecular weight excluding hydrogens is 424 g/mol. The summed E-state index contributed by atoms with van der Waals surface area (Å²) in [5, 5.41) is 8.86. The Morgan fingerprint density at radius 1 is 0.824 bits per heavy atom. The molecule has 34 heavy (non-hydrogen) atoms. The summed E-state index contributed by atoms with van der Waals surface area (Å²) in [5.74, 6) is -0.156. The van der Waals surface area contributed by atoms with Gasteiger partial charge in [-0.05, 0) is 80.6 Å². The maximum atomic E-state index is 13.3. The normalized spacial score (nSPS) is 13.9. The number of rotatable bonds is 6. The van der Waals surface area contributed by atoms with E-state index in [-0.39, 0.29) is 18.0 Å². The highest BCUT2D eigenvalue weighted by atomic mass is 16.2. The van der Waals surface area contributed by atoms with Gasteiger partial charge in [0.1, 0.15) is 0 Å². The number of aryl methyl sites for hydroxylation is 2. The van der Waals surface area contributed by atoms with Crippen molar-refractivity contribution in [2.45, 2.75) is 39.7 Å². The van der Waals surface area contributed by atoms with Crippen molar-refractivity contribution in [2.24, 2.45) is 0 Å². The first-order valence-electron chi connectivity index (χ1n) is 11.8. The van der Waals surface area contributed by atoms with Crippen LogP contribution in [0, 0.1) is 13.8 Å². The van der Waals surface area contributed by atoms with Crippen molar-refractivity contribution in [2.75, 3.05) is 28.6 Å². The van der Waals surface area contributed by atoms with Crippen molar-refractivity contribution in [3.8, 4) is 0 Å². The Hall–Kier alpha value is -3.80. The lowest BCUT2D eigenvalue weighted by molar-refractivity contribution is 0.0940. The zero-order valence-corrected chi connectivity index (χ0v) is 20.0. The third-order valence-electron chi connectivity index (χ3n) is 6.36. The Bertz CT molecular complexity index is 1170. The molecule has 0 radical (unpaired) electrons. The van der Waals surface area contributed by atoms with Crippen molar-refractivity contribution >= 4 is 29.0 Å². The summed E-state index contributed by atoms with van der Waals surface area (Å²) in [4.78, 5) is 28.2. The Morgan fingerprint density at radius 2 is 1.47 bits per heavy atom. The third-order valence-corrected chi connectivity index (χ3v) is 6.36. The summed E-state index contributed by atoms with van der Waals surface area (Å²) in [6, 6.07) is 20.8. The molecule has 1 aliphatic rings. The summed E-state index contributed by atoms with van der Waals surface area (Å²) < 4.78 is 0. The van der Waals surface area contributed by atoms with Crippen molar-refractivity contribution < 1.29 is 9.59 Å². The van der Waals surface area contributed by atoms with Crippen LogP contribution in [0.2, 0.25) is 0 Å². The number of carbonyl (C=O) groups is 2. The second-order valence-electron chi connectivity index (χ2n) is 8.91. The SMILES string of the molecule is Cc1ccc(NC(=O)Nc2ccc(N3CCCC3)c(C(=O)NC(C)c3ccccc3)c2)cc1C. The quantitative estimate of drug-likeness (QED) is 0.423. The van der Waals surface area contributed by atoms with Gasteiger partial charge in [-0.25, -0.2) is 4.79 Å². The van der Waals surface area contributed by atoms with Crippen LogP contribution in [-0.4, -0.2) is 25.0 Å². The van der Waals surface area contributed by atoms with Gasteiger partial charge in [-0.2, -0.15) is 0 Å². The smallest absolute Gasteiger partial charge is 0.323 e. The van der Waals surface area contributed by atoms with Crippen molar-refractivity contribution in [1.29, 1.82) is 0 Å². The molecule has 1 saturated heterocycles. The number of anilines is 3. The zero-order valence-electron chi connectivity index (χ0n) is 20.0. The third kappa shape index (κ3) is 5.57. The molecule has 1 heterocycles. The number of benzene rings is 3. The second-order valence-corrected chi connectivity index (χ2v) is 8.91. The number of carbonyl (C=O) groups excluding carboxylic acids is 2. The number of amides is 3. The maximum absolute atomic E-state index is 13.3. The molecule has 0 saturated carbocycles. The van der Waals surface area contributed by atoms with Gasteiger partial charge in [-0.15, -0.1) is 0 Å². The van der Waals surface area contributed by atoms with Crippen LogP contribution < -0.4 is 20.9 Å². The van der Waals surface area contributed by atoms with Gasteiger partial charge in [0, 0.05) is 30.2 Å². The minimum Gasteiger partial charge on any atom is -0.371 e. The summed E-state index contributed by atoms with van der Waals surface area (Å²) >= 11 is 0. The van der Waals surface area contributed by atoms with Gasteiger partial charge in [0.15, 0.2) is 0 Å². The Morgan fingerprint density at radius 3 is 2.15 bits per heavy atom. The number of hydrogen-bond acceptors (Lipinski definition) is 3. The molecule has 3 aromatic rings. The first-order chi connectivity index (χ1) is 16.4. The standard InChI is InChI=1S/C28H32N4O2/c1-19-11-12-23(17-20(19)2)30-28(34)31-24-13-14-26(32-15-7-8-16-32)25(18-24)27(33)29-21(3)22-9-5-4-6-10-22/h4-6,9-14,17-18,21H,7-8,15-16H2,1-3H3,(H,29,33)(H2,30,31,34). The molecule has 1 aliphatic heterocycles. The highest BCUT2D eigenvalue weighted by Gasteiger charge is 2.22. The van der Waals surface area contributed by atoms with E-state index >= 15 is 0 Å². The molecule has 0 aliphatic carbocycles. The van der Waals surface area contributed by atoms with E-state index in [0.717, 1.165) is 48.4 Å². The molecule has 176 valence electrons. The van der Waals surface area contributed by atoms with E-state index < -0.39 is 0 Å². The van der Waals surface area contributed by atoms with Crippen LogP contribution in [0.4, 0.5) is 21.9 Å². The Labute approximate surface area is 201 Å². The van der Waals surface area contributed by atoms with Crippen LogP contribution in [-0.2, 0) is 0 Å². The van der Waals surface area contributed by atoms with E-state index in [2.05, 4.69) is 20.9 Å². The molecule has 3 amide bonds. The fourth-order valence-electron chi connectivity index (χ4n) is 4.24. The lowest BCUT2D eigenvalue weighted by Crippen LogP contribution is -2.30. The lowest BCUT2D eigenvalue weighted by Gasteiger charge is -2.23. The molecular formula is C28H32N4O2. The molecule has 0 spiro atoms. The van der Waals surface area contributed by atoms with Gasteiger partial charge >= 0.3 is 6.03 Å². The molecule has 1 unspecified atom stereocenters. The molecule has 0 bridgehead atoms. The molecule has 1 atom stereocenters. The van der Waals surface area contributed by atoms with Crippen LogP contribution in [0.1, 0.15) is 52.9 Å². The maximum Gasteiger partial charge on any atom is 0.323 e. The topological polar surface area (TPSA) is 73.5 Å². The van der Waals surface area contributed by atoms with Crippen LogP contribution in [0.3, 0.4) is 0 Å². The predicted octanol–water partition coefficient (Wildman–Crippen LogP) is 6.04. The number of nitrogens with zero attached hydrogens (tertiary/aromatic N) is 1. The second kappa shape index (κ2) is 10.4. The van der Waals surface area contributed by atoms with Gasteiger partial charge in [0.05, 0.1) is 11.6 Å². The highest BCUT2D eigenvalue weighted by Crippen LogP contribution is 2.28. The number of hydrogen-bond donors (Lipinski definition) is 3. The zero-order chi connectivity index (χ0) is 24.1. The van der Waals surface area contributed by atoms with Crippen LogP contribution in [0.15, 0.2) is 66.7 Å². The van der Waals surface area contributed by atoms with Crippen LogP contribution in [0.25, 0.3) is 0 Å². The summed E-state index contributed by atoms with van der Waals surface area (Å²) in [6.45, 7) is 7.87. The van der Waals surface area contributed by atoms with E-state index in [1.54, 1.807) is 6.07 Å². The van der Waals surface area contributed by atoms with Crippen LogP contribution in [0.5, 0.6) is 0 Å². The van der Waals surface area contributed by atoms with Gasteiger partial charge < -0.3 is 20.9 Å². The molecule has 3 N–H and O–H groups in total. The van der Waals surface area contributed by atoms with E-state index in [0.29, 0.717) is 11.3 Å². The number of nitrogens with one attached hydrogen (secondary N) is 3. The van der Waals surface area contributed by atoms with Crippen molar-refractivity contribution in [3.63, 3.8) is 0 Å². The summed E-state index contributed by atoms with van der Waals surface area (Å²) in [6.07, 6.45) is 2.22. The molecule has 6 heteroatoms. The van der Waals surface area contributed by atoms with Gasteiger partial charge in [0.25, 0.3) is 5.91 Å². The minimum absolute atomic E-state index is 0.134. The molecule has 6 nitrogen and oxygen atoms in total. The lowest BCUT2D eigenvalue weighted by atomic mass is 10.1.